The van der Waals surface area contributed by atoms with Crippen molar-refractivity contribution in [1.82, 2.24) is 0 Å². The molecule has 2 N–H and O–H groups in total. The number of nitrogens with one attached hydrogen (secondary N) is 1. The lowest BCUT2D eigenvalue weighted by molar-refractivity contribution is -0.141. The first-order chi connectivity index (χ1) is 7.54. The Balaban J connectivity index is 2.89. The van der Waals surface area contributed by atoms with Crippen LogP contribution >= 0.6 is 0 Å². The van der Waals surface area contributed by atoms with E-state index < -0.39 is 12.0 Å². The maximum absolute atomic E-state index is 11.3. The van der Waals surface area contributed by atoms with Gasteiger partial charge in [0.1, 0.15) is 0 Å². The fraction of sp³-hybridized carbons (Fsp3) is 0.273. The predicted octanol–water partition coefficient (Wildman–Crippen LogP) is 2.05. The van der Waals surface area contributed by atoms with Crippen molar-refractivity contribution in [3.63, 3.8) is 0 Å². The molecule has 5 nitrogen and oxygen atoms in total. The summed E-state index contributed by atoms with van der Waals surface area (Å²) in [5.74, 6) is -0.770. The summed E-state index contributed by atoms with van der Waals surface area (Å²) in [6.07, 6.45) is -1.14. The zero-order chi connectivity index (χ0) is 12.1. The second-order valence-electron chi connectivity index (χ2n) is 3.30. The largest absolute Gasteiger partial charge is 0.469 e. The van der Waals surface area contributed by atoms with Crippen LogP contribution in [0, 0.1) is 0 Å². The Morgan fingerprint density at radius 2 is 2.12 bits per heavy atom. The molecule has 16 heavy (non-hydrogen) atoms. The van der Waals surface area contributed by atoms with E-state index in [4.69, 9.17) is 5.11 Å². The number of ether oxygens (including phenoxy) is 1. The minimum atomic E-state index is -1.14. The number of amides is 1. The van der Waals surface area contributed by atoms with E-state index in [0.29, 0.717) is 11.3 Å². The maximum atomic E-state index is 11.3. The highest BCUT2D eigenvalue weighted by atomic mass is 16.5. The van der Waals surface area contributed by atoms with Crippen LogP contribution in [0.5, 0.6) is 0 Å². The molecule has 1 amide bonds. The van der Waals surface area contributed by atoms with Crippen LogP contribution < -0.4 is 5.32 Å². The molecule has 0 saturated heterocycles. The average Bonchev–Trinajstić information content (AvgIpc) is 2.26. The molecule has 0 aliphatic rings. The average molecular weight is 223 g/mol. The van der Waals surface area contributed by atoms with E-state index in [0.717, 1.165) is 0 Å². The van der Waals surface area contributed by atoms with Crippen LogP contribution in [-0.2, 0) is 9.53 Å². The number of hydrogen-bond acceptors (Lipinski definition) is 3. The number of anilines is 1. The number of benzene rings is 1. The van der Waals surface area contributed by atoms with Crippen molar-refractivity contribution in [2.75, 3.05) is 12.4 Å². The van der Waals surface area contributed by atoms with Crippen molar-refractivity contribution < 1.29 is 19.4 Å². The van der Waals surface area contributed by atoms with Crippen LogP contribution in [0.4, 0.5) is 10.5 Å². The van der Waals surface area contributed by atoms with Crippen molar-refractivity contribution in [2.24, 2.45) is 0 Å². The van der Waals surface area contributed by atoms with Crippen LogP contribution in [0.3, 0.4) is 0 Å². The summed E-state index contributed by atoms with van der Waals surface area (Å²) in [6, 6.07) is 6.64. The van der Waals surface area contributed by atoms with E-state index >= 15 is 0 Å². The SMILES string of the molecule is COC(=O)C(C)c1cccc(NC(=O)O)c1. The first-order valence-electron chi connectivity index (χ1n) is 4.72. The van der Waals surface area contributed by atoms with Gasteiger partial charge < -0.3 is 9.84 Å². The van der Waals surface area contributed by atoms with Gasteiger partial charge in [-0.25, -0.2) is 4.79 Å². The van der Waals surface area contributed by atoms with Crippen LogP contribution in [0.1, 0.15) is 18.4 Å². The lowest BCUT2D eigenvalue weighted by atomic mass is 10.0. The molecule has 86 valence electrons. The van der Waals surface area contributed by atoms with E-state index in [1.807, 2.05) is 0 Å². The van der Waals surface area contributed by atoms with Gasteiger partial charge in [0, 0.05) is 5.69 Å². The van der Waals surface area contributed by atoms with Crippen molar-refractivity contribution in [3.8, 4) is 0 Å². The Kier molecular flexibility index (Phi) is 3.88. The van der Waals surface area contributed by atoms with E-state index in [1.54, 1.807) is 31.2 Å². The van der Waals surface area contributed by atoms with Gasteiger partial charge >= 0.3 is 12.1 Å². The predicted molar refractivity (Wildman–Crippen MR) is 58.5 cm³/mol. The molecule has 1 rings (SSSR count). The first-order valence-corrected chi connectivity index (χ1v) is 4.72. The Morgan fingerprint density at radius 3 is 2.69 bits per heavy atom. The van der Waals surface area contributed by atoms with Gasteiger partial charge in [-0.3, -0.25) is 10.1 Å². The monoisotopic (exact) mass is 223 g/mol. The van der Waals surface area contributed by atoms with E-state index in [-0.39, 0.29) is 5.97 Å². The third-order valence-corrected chi connectivity index (χ3v) is 2.19. The molecule has 5 heteroatoms. The molecule has 0 bridgehead atoms. The molecule has 1 aromatic rings. The highest BCUT2D eigenvalue weighted by Gasteiger charge is 2.15. The van der Waals surface area contributed by atoms with Gasteiger partial charge in [0.2, 0.25) is 0 Å². The summed E-state index contributed by atoms with van der Waals surface area (Å²) in [5, 5.41) is 10.8. The van der Waals surface area contributed by atoms with Gasteiger partial charge in [-0.2, -0.15) is 0 Å². The summed E-state index contributed by atoms with van der Waals surface area (Å²) in [7, 11) is 1.32. The van der Waals surface area contributed by atoms with Crippen molar-refractivity contribution >= 4 is 17.7 Å². The fourth-order valence-electron chi connectivity index (χ4n) is 1.32. The standard InChI is InChI=1S/C11H13NO4/c1-7(10(13)16-2)8-4-3-5-9(6-8)12-11(14)15/h3-7,12H,1-2H3,(H,14,15). The van der Waals surface area contributed by atoms with Gasteiger partial charge in [-0.05, 0) is 24.6 Å². The Labute approximate surface area is 93.0 Å². The van der Waals surface area contributed by atoms with E-state index in [9.17, 15) is 9.59 Å². The Morgan fingerprint density at radius 1 is 1.44 bits per heavy atom. The lowest BCUT2D eigenvalue weighted by Gasteiger charge is -2.10. The first kappa shape index (κ1) is 12.0. The van der Waals surface area contributed by atoms with Crippen molar-refractivity contribution in [3.05, 3.63) is 29.8 Å². The van der Waals surface area contributed by atoms with Crippen LogP contribution in [-0.4, -0.2) is 24.3 Å². The number of carboxylic acid groups (broad SMARTS) is 1. The lowest BCUT2D eigenvalue weighted by Crippen LogP contribution is -2.12. The van der Waals surface area contributed by atoms with Crippen LogP contribution in [0.15, 0.2) is 24.3 Å². The molecule has 0 radical (unpaired) electrons. The Bertz CT molecular complexity index is 403. The molecule has 0 heterocycles. The summed E-state index contributed by atoms with van der Waals surface area (Å²) in [6.45, 7) is 1.70. The molecule has 0 aromatic heterocycles. The van der Waals surface area contributed by atoms with Gasteiger partial charge in [-0.15, -0.1) is 0 Å². The summed E-state index contributed by atoms with van der Waals surface area (Å²) >= 11 is 0. The normalized spacial score (nSPS) is 11.6. The molecule has 0 saturated carbocycles. The van der Waals surface area contributed by atoms with Crippen molar-refractivity contribution in [1.29, 1.82) is 0 Å². The summed E-state index contributed by atoms with van der Waals surface area (Å²) < 4.78 is 4.61. The smallest absolute Gasteiger partial charge is 0.409 e. The van der Waals surface area contributed by atoms with Gasteiger partial charge in [-0.1, -0.05) is 12.1 Å². The molecule has 1 atom stereocenters. The molecular weight excluding hydrogens is 210 g/mol. The second-order valence-corrected chi connectivity index (χ2v) is 3.30. The molecule has 1 aromatic carbocycles. The topological polar surface area (TPSA) is 75.6 Å². The third-order valence-electron chi connectivity index (χ3n) is 2.19. The highest BCUT2D eigenvalue weighted by Crippen LogP contribution is 2.20. The molecular formula is C11H13NO4. The number of hydrogen-bond donors (Lipinski definition) is 2. The van der Waals surface area contributed by atoms with Gasteiger partial charge in [0.15, 0.2) is 0 Å². The molecule has 0 aliphatic carbocycles. The zero-order valence-corrected chi connectivity index (χ0v) is 9.06. The molecule has 0 fully saturated rings. The fourth-order valence-corrected chi connectivity index (χ4v) is 1.32. The third kappa shape index (κ3) is 2.98. The highest BCUT2D eigenvalue weighted by molar-refractivity contribution is 5.84. The van der Waals surface area contributed by atoms with Crippen LogP contribution in [0.25, 0.3) is 0 Å². The zero-order valence-electron chi connectivity index (χ0n) is 9.06. The van der Waals surface area contributed by atoms with Crippen molar-refractivity contribution in [2.45, 2.75) is 12.8 Å². The number of rotatable bonds is 3. The number of carbonyl (C=O) groups excluding carboxylic acids is 1. The molecule has 1 unspecified atom stereocenters. The van der Waals surface area contributed by atoms with E-state index in [2.05, 4.69) is 10.1 Å². The number of esters is 1. The van der Waals surface area contributed by atoms with E-state index in [1.165, 1.54) is 7.11 Å². The molecule has 0 aliphatic heterocycles. The minimum Gasteiger partial charge on any atom is -0.469 e. The minimum absolute atomic E-state index is 0.354. The number of methoxy groups -OCH3 is 1. The quantitative estimate of drug-likeness (QED) is 0.769. The molecule has 0 spiro atoms. The summed E-state index contributed by atoms with van der Waals surface area (Å²) in [5.41, 5.74) is 1.14. The van der Waals surface area contributed by atoms with Gasteiger partial charge in [0.05, 0.1) is 13.0 Å². The summed E-state index contributed by atoms with van der Waals surface area (Å²) in [4.78, 5) is 21.7. The van der Waals surface area contributed by atoms with Crippen LogP contribution in [0.2, 0.25) is 0 Å². The number of carbonyl (C=O) groups is 2. The maximum Gasteiger partial charge on any atom is 0.409 e. The second kappa shape index (κ2) is 5.16. The van der Waals surface area contributed by atoms with Gasteiger partial charge in [0.25, 0.3) is 0 Å². The Hall–Kier alpha value is -2.04.